The molecular weight excluding hydrogens is 486 g/mol. The number of benzene rings is 3. The van der Waals surface area contributed by atoms with Gasteiger partial charge in [-0.2, -0.15) is 4.31 Å². The van der Waals surface area contributed by atoms with E-state index in [-0.39, 0.29) is 29.7 Å². The van der Waals surface area contributed by atoms with Crippen molar-refractivity contribution in [2.45, 2.75) is 17.9 Å². The highest BCUT2D eigenvalue weighted by Gasteiger charge is 2.33. The minimum atomic E-state index is -4.05. The van der Waals surface area contributed by atoms with Crippen molar-refractivity contribution in [2.24, 2.45) is 0 Å². The van der Waals surface area contributed by atoms with Gasteiger partial charge in [-0.25, -0.2) is 8.42 Å². The molecule has 0 aromatic heterocycles. The normalized spacial score (nSPS) is 15.3. The number of nitro groups is 2. The Labute approximate surface area is 208 Å². The van der Waals surface area contributed by atoms with E-state index < -0.39 is 25.6 Å². The van der Waals surface area contributed by atoms with Crippen molar-refractivity contribution in [3.8, 4) is 0 Å². The van der Waals surface area contributed by atoms with Gasteiger partial charge in [0.15, 0.2) is 4.90 Å². The van der Waals surface area contributed by atoms with Crippen molar-refractivity contribution in [2.75, 3.05) is 36.4 Å². The molecule has 3 aromatic rings. The van der Waals surface area contributed by atoms with Crippen LogP contribution in [0.1, 0.15) is 18.5 Å². The third kappa shape index (κ3) is 5.14. The van der Waals surface area contributed by atoms with Crippen LogP contribution < -0.4 is 10.2 Å². The average Bonchev–Trinajstić information content (AvgIpc) is 2.89. The predicted octanol–water partition coefficient (Wildman–Crippen LogP) is 4.19. The van der Waals surface area contributed by atoms with E-state index in [9.17, 15) is 28.6 Å². The predicted molar refractivity (Wildman–Crippen MR) is 136 cm³/mol. The highest BCUT2D eigenvalue weighted by molar-refractivity contribution is 7.89. The molecule has 1 heterocycles. The van der Waals surface area contributed by atoms with E-state index in [1.165, 1.54) is 34.6 Å². The molecule has 0 saturated carbocycles. The van der Waals surface area contributed by atoms with Crippen LogP contribution in [0.5, 0.6) is 0 Å². The van der Waals surface area contributed by atoms with E-state index in [0.717, 1.165) is 5.56 Å². The lowest BCUT2D eigenvalue weighted by molar-refractivity contribution is -0.387. The zero-order chi connectivity index (χ0) is 25.9. The molecule has 3 aromatic carbocycles. The first kappa shape index (κ1) is 25.1. The van der Waals surface area contributed by atoms with Gasteiger partial charge in [0.05, 0.1) is 9.85 Å². The maximum absolute atomic E-state index is 13.1. The molecule has 1 saturated heterocycles. The van der Waals surface area contributed by atoms with E-state index in [4.69, 9.17) is 0 Å². The average molecular weight is 512 g/mol. The fraction of sp³-hybridized carbons (Fsp3) is 0.250. The number of sulfonamides is 1. The molecule has 0 aliphatic carbocycles. The Kier molecular flexibility index (Phi) is 7.17. The minimum Gasteiger partial charge on any atom is -0.373 e. The molecule has 0 radical (unpaired) electrons. The van der Waals surface area contributed by atoms with Crippen molar-refractivity contribution < 1.29 is 18.3 Å². The van der Waals surface area contributed by atoms with Gasteiger partial charge in [-0.1, -0.05) is 42.5 Å². The second kappa shape index (κ2) is 10.3. The number of nitrogens with zero attached hydrogens (tertiary/aromatic N) is 4. The van der Waals surface area contributed by atoms with Gasteiger partial charge in [-0.15, -0.1) is 0 Å². The second-order valence-electron chi connectivity index (χ2n) is 8.35. The van der Waals surface area contributed by atoms with Gasteiger partial charge >= 0.3 is 0 Å². The van der Waals surface area contributed by atoms with Gasteiger partial charge < -0.3 is 10.2 Å². The lowest BCUT2D eigenvalue weighted by Crippen LogP contribution is -2.48. The van der Waals surface area contributed by atoms with Crippen LogP contribution in [0.3, 0.4) is 0 Å². The number of piperazine rings is 1. The van der Waals surface area contributed by atoms with Crippen molar-refractivity contribution >= 4 is 32.8 Å². The topological polar surface area (TPSA) is 139 Å². The SMILES string of the molecule is C[C@H](Nc1cc(N2CCN(S(=O)(=O)c3ccccc3[N+](=O)[O-])CC2)ccc1[N+](=O)[O-])c1ccccc1. The Morgan fingerprint density at radius 2 is 1.44 bits per heavy atom. The molecule has 0 spiro atoms. The fourth-order valence-electron chi connectivity index (χ4n) is 4.21. The summed E-state index contributed by atoms with van der Waals surface area (Å²) in [5.41, 5.74) is 1.54. The van der Waals surface area contributed by atoms with E-state index in [1.807, 2.05) is 42.2 Å². The standard InChI is InChI=1S/C24H25N5O6S/c1-18(19-7-3-2-4-8-19)25-21-17-20(11-12-22(21)28(30)31)26-13-15-27(16-14-26)36(34,35)24-10-6-5-9-23(24)29(32)33/h2-12,17-18,25H,13-16H2,1H3/t18-/m0/s1. The molecule has 4 rings (SSSR count). The Balaban J connectivity index is 1.52. The molecule has 1 aliphatic heterocycles. The Bertz CT molecular complexity index is 1370. The third-order valence-corrected chi connectivity index (χ3v) is 8.08. The minimum absolute atomic E-state index is 0.0564. The summed E-state index contributed by atoms with van der Waals surface area (Å²) in [4.78, 5) is 23.4. The summed E-state index contributed by atoms with van der Waals surface area (Å²) in [6.45, 7) is 2.80. The number of nitrogens with one attached hydrogen (secondary N) is 1. The molecule has 0 unspecified atom stereocenters. The lowest BCUT2D eigenvalue weighted by Gasteiger charge is -2.35. The first-order valence-corrected chi connectivity index (χ1v) is 12.7. The summed E-state index contributed by atoms with van der Waals surface area (Å²) < 4.78 is 27.4. The number of hydrogen-bond donors (Lipinski definition) is 1. The fourth-order valence-corrected chi connectivity index (χ4v) is 5.79. The largest absolute Gasteiger partial charge is 0.373 e. The Morgan fingerprint density at radius 3 is 2.08 bits per heavy atom. The molecule has 36 heavy (non-hydrogen) atoms. The smallest absolute Gasteiger partial charge is 0.292 e. The molecule has 1 atom stereocenters. The molecule has 188 valence electrons. The number of para-hydroxylation sites is 1. The van der Waals surface area contributed by atoms with Crippen LogP contribution in [-0.2, 0) is 10.0 Å². The molecule has 1 aliphatic rings. The monoisotopic (exact) mass is 511 g/mol. The van der Waals surface area contributed by atoms with Gasteiger partial charge in [0.2, 0.25) is 10.0 Å². The summed E-state index contributed by atoms with van der Waals surface area (Å²) in [6, 6.07) is 19.5. The number of nitro benzene ring substituents is 2. The summed E-state index contributed by atoms with van der Waals surface area (Å²) in [5, 5.41) is 26.2. The summed E-state index contributed by atoms with van der Waals surface area (Å²) >= 11 is 0. The molecule has 1 fully saturated rings. The van der Waals surface area contributed by atoms with Crippen LogP contribution in [0.2, 0.25) is 0 Å². The summed E-state index contributed by atoms with van der Waals surface area (Å²) in [7, 11) is -4.05. The third-order valence-electron chi connectivity index (χ3n) is 6.13. The zero-order valence-corrected chi connectivity index (χ0v) is 20.3. The van der Waals surface area contributed by atoms with Crippen LogP contribution >= 0.6 is 0 Å². The quantitative estimate of drug-likeness (QED) is 0.351. The summed E-state index contributed by atoms with van der Waals surface area (Å²) in [5.74, 6) is 0. The van der Waals surface area contributed by atoms with Gasteiger partial charge in [-0.05, 0) is 30.7 Å². The van der Waals surface area contributed by atoms with E-state index in [0.29, 0.717) is 24.5 Å². The molecule has 1 N–H and O–H groups in total. The Hall–Kier alpha value is -4.03. The highest BCUT2D eigenvalue weighted by atomic mass is 32.2. The molecule has 0 bridgehead atoms. The second-order valence-corrected chi connectivity index (χ2v) is 10.3. The number of rotatable bonds is 8. The number of anilines is 2. The molecular formula is C24H25N5O6S. The van der Waals surface area contributed by atoms with Crippen molar-refractivity contribution in [1.82, 2.24) is 4.31 Å². The van der Waals surface area contributed by atoms with E-state index in [2.05, 4.69) is 5.32 Å². The van der Waals surface area contributed by atoms with Crippen LogP contribution in [0.4, 0.5) is 22.7 Å². The van der Waals surface area contributed by atoms with Gasteiger partial charge in [-0.3, -0.25) is 20.2 Å². The van der Waals surface area contributed by atoms with Crippen LogP contribution in [0.15, 0.2) is 77.7 Å². The maximum Gasteiger partial charge on any atom is 0.292 e. The zero-order valence-electron chi connectivity index (χ0n) is 19.5. The van der Waals surface area contributed by atoms with E-state index >= 15 is 0 Å². The summed E-state index contributed by atoms with van der Waals surface area (Å²) in [6.07, 6.45) is 0. The first-order valence-electron chi connectivity index (χ1n) is 11.3. The van der Waals surface area contributed by atoms with Crippen LogP contribution in [0, 0.1) is 20.2 Å². The Morgan fingerprint density at radius 1 is 0.833 bits per heavy atom. The maximum atomic E-state index is 13.1. The van der Waals surface area contributed by atoms with Crippen LogP contribution in [-0.4, -0.2) is 48.7 Å². The first-order chi connectivity index (χ1) is 17.2. The van der Waals surface area contributed by atoms with Crippen molar-refractivity contribution in [1.29, 1.82) is 0 Å². The van der Waals surface area contributed by atoms with Crippen molar-refractivity contribution in [3.05, 3.63) is 98.6 Å². The van der Waals surface area contributed by atoms with Gasteiger partial charge in [0, 0.05) is 50.0 Å². The van der Waals surface area contributed by atoms with Crippen molar-refractivity contribution in [3.63, 3.8) is 0 Å². The molecule has 12 heteroatoms. The van der Waals surface area contributed by atoms with Crippen LogP contribution in [0.25, 0.3) is 0 Å². The lowest BCUT2D eigenvalue weighted by atomic mass is 10.1. The molecule has 11 nitrogen and oxygen atoms in total. The van der Waals surface area contributed by atoms with Gasteiger partial charge in [0.25, 0.3) is 11.4 Å². The van der Waals surface area contributed by atoms with E-state index in [1.54, 1.807) is 12.1 Å². The highest BCUT2D eigenvalue weighted by Crippen LogP contribution is 2.33. The number of hydrogen-bond acceptors (Lipinski definition) is 8. The molecule has 0 amide bonds. The van der Waals surface area contributed by atoms with Gasteiger partial charge in [0.1, 0.15) is 5.69 Å².